The van der Waals surface area contributed by atoms with Crippen LogP contribution in [0.3, 0.4) is 0 Å². The Morgan fingerprint density at radius 2 is 2.15 bits per heavy atom. The van der Waals surface area contributed by atoms with E-state index >= 15 is 0 Å². The van der Waals surface area contributed by atoms with E-state index in [4.69, 9.17) is 0 Å². The average Bonchev–Trinajstić information content (AvgIpc) is 2.78. The van der Waals surface area contributed by atoms with Crippen LogP contribution in [0.5, 0.6) is 0 Å². The summed E-state index contributed by atoms with van der Waals surface area (Å²) in [5.41, 5.74) is 1.04. The molecular formula is C13H24N2O2S3. The molecule has 1 aromatic heterocycles. The van der Waals surface area contributed by atoms with E-state index in [1.54, 1.807) is 24.9 Å². The molecule has 0 amide bonds. The molecule has 0 saturated heterocycles. The zero-order valence-electron chi connectivity index (χ0n) is 12.8. The van der Waals surface area contributed by atoms with Crippen LogP contribution < -0.4 is 5.32 Å². The van der Waals surface area contributed by atoms with Crippen LogP contribution in [0, 0.1) is 6.92 Å². The smallest absolute Gasteiger partial charge is 0.252 e. The minimum absolute atomic E-state index is 0.0464. The first-order valence-corrected chi connectivity index (χ1v) is 10.2. The quantitative estimate of drug-likeness (QED) is 0.792. The predicted molar refractivity (Wildman–Crippen MR) is 89.2 cm³/mol. The SMILES string of the molecule is CCC(CSC)N(C)S(=O)(=O)c1cc(C)c(CNC)s1. The second kappa shape index (κ2) is 7.79. The van der Waals surface area contributed by atoms with Crippen LogP contribution in [-0.4, -0.2) is 44.9 Å². The highest BCUT2D eigenvalue weighted by Gasteiger charge is 2.28. The molecule has 1 unspecified atom stereocenters. The number of thioether (sulfide) groups is 1. The van der Waals surface area contributed by atoms with Gasteiger partial charge < -0.3 is 5.32 Å². The second-order valence-electron chi connectivity index (χ2n) is 4.74. The summed E-state index contributed by atoms with van der Waals surface area (Å²) in [7, 11) is 0.171. The Morgan fingerprint density at radius 1 is 1.50 bits per heavy atom. The lowest BCUT2D eigenvalue weighted by molar-refractivity contribution is 0.386. The number of nitrogens with zero attached hydrogens (tertiary/aromatic N) is 1. The van der Waals surface area contributed by atoms with Gasteiger partial charge in [0.15, 0.2) is 0 Å². The van der Waals surface area contributed by atoms with Gasteiger partial charge >= 0.3 is 0 Å². The van der Waals surface area contributed by atoms with Crippen molar-refractivity contribution in [3.8, 4) is 0 Å². The van der Waals surface area contributed by atoms with Crippen LogP contribution in [-0.2, 0) is 16.6 Å². The van der Waals surface area contributed by atoms with Crippen molar-refractivity contribution < 1.29 is 8.42 Å². The maximum Gasteiger partial charge on any atom is 0.252 e. The molecule has 0 aliphatic carbocycles. The van der Waals surface area contributed by atoms with Crippen LogP contribution in [0.1, 0.15) is 23.8 Å². The number of rotatable bonds is 8. The van der Waals surface area contributed by atoms with E-state index in [1.807, 2.05) is 27.2 Å². The molecule has 0 aromatic carbocycles. The number of hydrogen-bond donors (Lipinski definition) is 1. The standard InChI is InChI=1S/C13H24N2O2S3/c1-6-11(9-18-5)15(4)20(16,17)13-7-10(2)12(19-13)8-14-3/h7,11,14H,6,8-9H2,1-5H3. The third kappa shape index (κ3) is 3.98. The molecule has 7 heteroatoms. The van der Waals surface area contributed by atoms with Gasteiger partial charge in [-0.3, -0.25) is 0 Å². The molecular weight excluding hydrogens is 312 g/mol. The highest BCUT2D eigenvalue weighted by molar-refractivity contribution is 7.98. The summed E-state index contributed by atoms with van der Waals surface area (Å²) < 4.78 is 27.3. The van der Waals surface area contributed by atoms with Crippen molar-refractivity contribution in [3.63, 3.8) is 0 Å². The van der Waals surface area contributed by atoms with Gasteiger partial charge in [0.25, 0.3) is 10.0 Å². The van der Waals surface area contributed by atoms with Crippen molar-refractivity contribution in [1.82, 2.24) is 9.62 Å². The Hall–Kier alpha value is -0.0800. The van der Waals surface area contributed by atoms with E-state index in [0.717, 1.165) is 22.6 Å². The first-order valence-electron chi connectivity index (χ1n) is 6.59. The van der Waals surface area contributed by atoms with E-state index in [2.05, 4.69) is 5.32 Å². The van der Waals surface area contributed by atoms with E-state index in [9.17, 15) is 8.42 Å². The molecule has 1 atom stereocenters. The molecule has 20 heavy (non-hydrogen) atoms. The molecule has 0 spiro atoms. The zero-order valence-corrected chi connectivity index (χ0v) is 15.2. The molecule has 0 aliphatic heterocycles. The van der Waals surface area contributed by atoms with Gasteiger partial charge in [-0.05, 0) is 38.3 Å². The lowest BCUT2D eigenvalue weighted by atomic mass is 10.3. The van der Waals surface area contributed by atoms with Gasteiger partial charge in [-0.1, -0.05) is 6.92 Å². The molecule has 0 bridgehead atoms. The van der Waals surface area contributed by atoms with Crippen molar-refractivity contribution in [2.75, 3.05) is 26.1 Å². The van der Waals surface area contributed by atoms with Gasteiger partial charge in [0, 0.05) is 30.3 Å². The van der Waals surface area contributed by atoms with Gasteiger partial charge in [0.05, 0.1) is 0 Å². The highest BCUT2D eigenvalue weighted by Crippen LogP contribution is 2.29. The first kappa shape index (κ1) is 18.0. The zero-order chi connectivity index (χ0) is 15.3. The summed E-state index contributed by atoms with van der Waals surface area (Å²) in [6, 6.07) is 1.83. The van der Waals surface area contributed by atoms with Crippen molar-refractivity contribution in [2.24, 2.45) is 0 Å². The maximum atomic E-state index is 12.7. The van der Waals surface area contributed by atoms with Crippen LogP contribution in [0.2, 0.25) is 0 Å². The Balaban J connectivity index is 3.06. The number of thiophene rings is 1. The summed E-state index contributed by atoms with van der Waals surface area (Å²) in [5, 5.41) is 3.07. The maximum absolute atomic E-state index is 12.7. The van der Waals surface area contributed by atoms with Crippen molar-refractivity contribution in [2.45, 2.75) is 37.1 Å². The molecule has 1 aromatic rings. The number of sulfonamides is 1. The Morgan fingerprint density at radius 3 is 2.65 bits per heavy atom. The normalized spacial score (nSPS) is 13.9. The van der Waals surface area contributed by atoms with Gasteiger partial charge in [0.2, 0.25) is 0 Å². The van der Waals surface area contributed by atoms with Gasteiger partial charge in [-0.2, -0.15) is 16.1 Å². The minimum Gasteiger partial charge on any atom is -0.315 e. The lowest BCUT2D eigenvalue weighted by Crippen LogP contribution is -2.37. The van der Waals surface area contributed by atoms with Crippen molar-refractivity contribution in [1.29, 1.82) is 0 Å². The van der Waals surface area contributed by atoms with Crippen molar-refractivity contribution >= 4 is 33.1 Å². The van der Waals surface area contributed by atoms with E-state index in [0.29, 0.717) is 10.8 Å². The van der Waals surface area contributed by atoms with Crippen LogP contribution >= 0.6 is 23.1 Å². The van der Waals surface area contributed by atoms with Crippen LogP contribution in [0.4, 0.5) is 0 Å². The van der Waals surface area contributed by atoms with E-state index in [1.165, 1.54) is 15.6 Å². The highest BCUT2D eigenvalue weighted by atomic mass is 32.2. The lowest BCUT2D eigenvalue weighted by Gasteiger charge is -2.25. The third-order valence-corrected chi connectivity index (χ3v) is 7.63. The molecule has 116 valence electrons. The monoisotopic (exact) mass is 336 g/mol. The largest absolute Gasteiger partial charge is 0.315 e. The van der Waals surface area contributed by atoms with Crippen molar-refractivity contribution in [3.05, 3.63) is 16.5 Å². The Bertz CT molecular complexity index is 526. The summed E-state index contributed by atoms with van der Waals surface area (Å²) in [5.74, 6) is 0.819. The second-order valence-corrected chi connectivity index (χ2v) is 9.01. The molecule has 4 nitrogen and oxygen atoms in total. The van der Waals surface area contributed by atoms with Gasteiger partial charge in [-0.15, -0.1) is 11.3 Å². The Kier molecular flexibility index (Phi) is 7.00. The Labute approximate surface area is 131 Å². The fourth-order valence-electron chi connectivity index (χ4n) is 1.96. The first-order chi connectivity index (χ1) is 9.38. The average molecular weight is 337 g/mol. The molecule has 0 radical (unpaired) electrons. The number of hydrogen-bond acceptors (Lipinski definition) is 5. The number of aryl methyl sites for hydroxylation is 1. The van der Waals surface area contributed by atoms with E-state index in [-0.39, 0.29) is 6.04 Å². The van der Waals surface area contributed by atoms with Crippen LogP contribution in [0.15, 0.2) is 10.3 Å². The van der Waals surface area contributed by atoms with Crippen LogP contribution in [0.25, 0.3) is 0 Å². The van der Waals surface area contributed by atoms with Gasteiger partial charge in [0.1, 0.15) is 4.21 Å². The fraction of sp³-hybridized carbons (Fsp3) is 0.692. The fourth-order valence-corrected chi connectivity index (χ4v) is 6.12. The summed E-state index contributed by atoms with van der Waals surface area (Å²) in [6.45, 7) is 4.69. The summed E-state index contributed by atoms with van der Waals surface area (Å²) >= 11 is 3.04. The molecule has 0 aliphatic rings. The molecule has 0 saturated carbocycles. The number of nitrogens with one attached hydrogen (secondary N) is 1. The van der Waals surface area contributed by atoms with Gasteiger partial charge in [-0.25, -0.2) is 8.42 Å². The molecule has 0 fully saturated rings. The summed E-state index contributed by atoms with van der Waals surface area (Å²) in [4.78, 5) is 1.08. The van der Waals surface area contributed by atoms with E-state index < -0.39 is 10.0 Å². The summed E-state index contributed by atoms with van der Waals surface area (Å²) in [6.07, 6.45) is 2.83. The minimum atomic E-state index is -3.38. The third-order valence-electron chi connectivity index (χ3n) is 3.31. The topological polar surface area (TPSA) is 49.4 Å². The molecule has 1 N–H and O–H groups in total. The molecule has 1 heterocycles. The molecule has 1 rings (SSSR count). The predicted octanol–water partition coefficient (Wildman–Crippen LogP) is 2.54.